The van der Waals surface area contributed by atoms with Crippen molar-refractivity contribution in [2.75, 3.05) is 13.6 Å². The maximum atomic E-state index is 11.6. The molecule has 1 heterocycles. The number of fused-ring (bicyclic) bond motifs is 1. The van der Waals surface area contributed by atoms with Crippen molar-refractivity contribution in [3.63, 3.8) is 0 Å². The van der Waals surface area contributed by atoms with Gasteiger partial charge < -0.3 is 0 Å². The van der Waals surface area contributed by atoms with E-state index in [1.54, 1.807) is 6.92 Å². The Bertz CT molecular complexity index is 399. The summed E-state index contributed by atoms with van der Waals surface area (Å²) in [7, 11) is 2.11. The summed E-state index contributed by atoms with van der Waals surface area (Å²) in [5.41, 5.74) is 2.73. The third-order valence-corrected chi connectivity index (χ3v) is 3.70. The van der Waals surface area contributed by atoms with Gasteiger partial charge in [0.1, 0.15) is 5.78 Å². The average molecular weight is 217 g/mol. The fourth-order valence-corrected chi connectivity index (χ4v) is 2.60. The average Bonchev–Trinajstić information content (AvgIpc) is 2.28. The molecule has 2 unspecified atom stereocenters. The van der Waals surface area contributed by atoms with Crippen molar-refractivity contribution in [3.8, 4) is 0 Å². The second-order valence-electron chi connectivity index (χ2n) is 4.77. The van der Waals surface area contributed by atoms with E-state index in [0.29, 0.717) is 0 Å². The highest BCUT2D eigenvalue weighted by atomic mass is 16.1. The number of carbonyl (C=O) groups excluding carboxylic acids is 1. The minimum atomic E-state index is 0.0754. The highest BCUT2D eigenvalue weighted by molar-refractivity contribution is 5.79. The summed E-state index contributed by atoms with van der Waals surface area (Å²) >= 11 is 0. The summed E-state index contributed by atoms with van der Waals surface area (Å²) in [5, 5.41) is 0. The molecule has 0 aromatic heterocycles. The molecular weight excluding hydrogens is 198 g/mol. The molecule has 0 saturated heterocycles. The SMILES string of the molecule is CC(=O)C(C)C1c2ccccc2CCN1C. The van der Waals surface area contributed by atoms with Crippen LogP contribution in [0.5, 0.6) is 0 Å². The van der Waals surface area contributed by atoms with Crippen LogP contribution in [-0.4, -0.2) is 24.3 Å². The first-order valence-corrected chi connectivity index (χ1v) is 5.89. The van der Waals surface area contributed by atoms with Gasteiger partial charge in [-0.3, -0.25) is 9.69 Å². The third kappa shape index (κ3) is 1.90. The quantitative estimate of drug-likeness (QED) is 0.758. The molecule has 1 aliphatic rings. The Morgan fingerprint density at radius 1 is 1.44 bits per heavy atom. The lowest BCUT2D eigenvalue weighted by atomic mass is 9.84. The molecule has 2 rings (SSSR count). The first-order chi connectivity index (χ1) is 7.61. The number of hydrogen-bond acceptors (Lipinski definition) is 2. The molecule has 2 atom stereocenters. The lowest BCUT2D eigenvalue weighted by Gasteiger charge is -2.37. The van der Waals surface area contributed by atoms with E-state index in [-0.39, 0.29) is 17.7 Å². The van der Waals surface area contributed by atoms with Gasteiger partial charge in [0.2, 0.25) is 0 Å². The Balaban J connectivity index is 2.40. The zero-order valence-corrected chi connectivity index (χ0v) is 10.2. The van der Waals surface area contributed by atoms with Crippen LogP contribution in [0.25, 0.3) is 0 Å². The molecule has 0 fully saturated rings. The second kappa shape index (κ2) is 4.38. The van der Waals surface area contributed by atoms with Crippen LogP contribution >= 0.6 is 0 Å². The molecule has 0 N–H and O–H groups in total. The van der Waals surface area contributed by atoms with Gasteiger partial charge in [-0.25, -0.2) is 0 Å². The topological polar surface area (TPSA) is 20.3 Å². The van der Waals surface area contributed by atoms with E-state index in [1.807, 2.05) is 6.92 Å². The van der Waals surface area contributed by atoms with Crippen LogP contribution in [0.3, 0.4) is 0 Å². The summed E-state index contributed by atoms with van der Waals surface area (Å²) in [5.74, 6) is 0.347. The van der Waals surface area contributed by atoms with Crippen molar-refractivity contribution < 1.29 is 4.79 Å². The van der Waals surface area contributed by atoms with Gasteiger partial charge in [-0.1, -0.05) is 31.2 Å². The number of nitrogens with zero attached hydrogens (tertiary/aromatic N) is 1. The summed E-state index contributed by atoms with van der Waals surface area (Å²) in [6, 6.07) is 8.75. The Hall–Kier alpha value is -1.15. The van der Waals surface area contributed by atoms with E-state index in [0.717, 1.165) is 13.0 Å². The maximum Gasteiger partial charge on any atom is 0.134 e. The number of Topliss-reactive ketones (excluding diaryl/α,β-unsaturated/α-hetero) is 1. The smallest absolute Gasteiger partial charge is 0.134 e. The Kier molecular flexibility index (Phi) is 3.10. The Morgan fingerprint density at radius 3 is 2.81 bits per heavy atom. The van der Waals surface area contributed by atoms with Crippen molar-refractivity contribution in [1.82, 2.24) is 4.90 Å². The highest BCUT2D eigenvalue weighted by Gasteiger charge is 2.30. The number of likely N-dealkylation sites (N-methyl/N-ethyl adjacent to an activating group) is 1. The van der Waals surface area contributed by atoms with Crippen LogP contribution in [0, 0.1) is 5.92 Å². The molecule has 0 amide bonds. The van der Waals surface area contributed by atoms with Crippen LogP contribution in [0.2, 0.25) is 0 Å². The zero-order chi connectivity index (χ0) is 11.7. The van der Waals surface area contributed by atoms with Crippen LogP contribution in [0.4, 0.5) is 0 Å². The van der Waals surface area contributed by atoms with E-state index < -0.39 is 0 Å². The molecule has 2 nitrogen and oxygen atoms in total. The number of rotatable bonds is 2. The van der Waals surface area contributed by atoms with Gasteiger partial charge in [0.15, 0.2) is 0 Å². The molecule has 0 spiro atoms. The van der Waals surface area contributed by atoms with Crippen LogP contribution in [0.15, 0.2) is 24.3 Å². The van der Waals surface area contributed by atoms with Crippen LogP contribution < -0.4 is 0 Å². The van der Waals surface area contributed by atoms with Crippen molar-refractivity contribution in [3.05, 3.63) is 35.4 Å². The fraction of sp³-hybridized carbons (Fsp3) is 0.500. The predicted octanol–water partition coefficient (Wildman–Crippen LogP) is 2.44. The fourth-order valence-electron chi connectivity index (χ4n) is 2.60. The molecule has 0 radical (unpaired) electrons. The molecule has 0 bridgehead atoms. The van der Waals surface area contributed by atoms with E-state index in [2.05, 4.69) is 36.2 Å². The normalized spacial score (nSPS) is 22.6. The second-order valence-corrected chi connectivity index (χ2v) is 4.77. The molecule has 0 aliphatic carbocycles. The van der Waals surface area contributed by atoms with E-state index >= 15 is 0 Å². The van der Waals surface area contributed by atoms with Gasteiger partial charge in [0.05, 0.1) is 0 Å². The molecule has 1 aromatic rings. The van der Waals surface area contributed by atoms with E-state index in [4.69, 9.17) is 0 Å². The molecule has 16 heavy (non-hydrogen) atoms. The highest BCUT2D eigenvalue weighted by Crippen LogP contribution is 2.34. The van der Waals surface area contributed by atoms with E-state index in [1.165, 1.54) is 11.1 Å². The maximum absolute atomic E-state index is 11.6. The standard InChI is InChI=1S/C14H19NO/c1-10(11(2)16)14-13-7-5-4-6-12(13)8-9-15(14)3/h4-7,10,14H,8-9H2,1-3H3. The largest absolute Gasteiger partial charge is 0.300 e. The first kappa shape index (κ1) is 11.3. The molecule has 86 valence electrons. The van der Waals surface area contributed by atoms with Crippen molar-refractivity contribution in [2.24, 2.45) is 5.92 Å². The van der Waals surface area contributed by atoms with Gasteiger partial charge in [-0.15, -0.1) is 0 Å². The lowest BCUT2D eigenvalue weighted by molar-refractivity contribution is -0.122. The minimum Gasteiger partial charge on any atom is -0.300 e. The van der Waals surface area contributed by atoms with Crippen molar-refractivity contribution >= 4 is 5.78 Å². The van der Waals surface area contributed by atoms with Gasteiger partial charge in [-0.05, 0) is 31.5 Å². The summed E-state index contributed by atoms with van der Waals surface area (Å²) in [4.78, 5) is 13.9. The van der Waals surface area contributed by atoms with Gasteiger partial charge in [-0.2, -0.15) is 0 Å². The number of benzene rings is 1. The number of ketones is 1. The predicted molar refractivity (Wildman–Crippen MR) is 65.4 cm³/mol. The van der Waals surface area contributed by atoms with Crippen LogP contribution in [-0.2, 0) is 11.2 Å². The molecule has 1 aliphatic heterocycles. The minimum absolute atomic E-state index is 0.0754. The van der Waals surface area contributed by atoms with Gasteiger partial charge in [0, 0.05) is 18.5 Å². The third-order valence-electron chi connectivity index (χ3n) is 3.70. The summed E-state index contributed by atoms with van der Waals surface area (Å²) in [6.45, 7) is 4.76. The Labute approximate surface area is 97.3 Å². The van der Waals surface area contributed by atoms with Gasteiger partial charge in [0.25, 0.3) is 0 Å². The lowest BCUT2D eigenvalue weighted by Crippen LogP contribution is -2.37. The monoisotopic (exact) mass is 217 g/mol. The Morgan fingerprint density at radius 2 is 2.12 bits per heavy atom. The molecule has 0 saturated carbocycles. The zero-order valence-electron chi connectivity index (χ0n) is 10.2. The van der Waals surface area contributed by atoms with Gasteiger partial charge >= 0.3 is 0 Å². The molecular formula is C14H19NO. The summed E-state index contributed by atoms with van der Waals surface area (Å²) in [6.07, 6.45) is 1.09. The molecule has 1 aromatic carbocycles. The number of carbonyl (C=O) groups is 1. The molecule has 2 heteroatoms. The van der Waals surface area contributed by atoms with Crippen molar-refractivity contribution in [1.29, 1.82) is 0 Å². The number of hydrogen-bond donors (Lipinski definition) is 0. The van der Waals surface area contributed by atoms with Crippen LogP contribution in [0.1, 0.15) is 31.0 Å². The first-order valence-electron chi connectivity index (χ1n) is 5.89. The summed E-state index contributed by atoms with van der Waals surface area (Å²) < 4.78 is 0. The van der Waals surface area contributed by atoms with Crippen molar-refractivity contribution in [2.45, 2.75) is 26.3 Å². The van der Waals surface area contributed by atoms with E-state index in [9.17, 15) is 4.79 Å².